The van der Waals surface area contributed by atoms with Crippen LogP contribution in [0.25, 0.3) is 0 Å². The van der Waals surface area contributed by atoms with Crippen molar-refractivity contribution in [3.05, 3.63) is 41.0 Å². The molecule has 9 nitrogen and oxygen atoms in total. The summed E-state index contributed by atoms with van der Waals surface area (Å²) < 4.78 is 43.7. The lowest BCUT2D eigenvalue weighted by Crippen LogP contribution is -2.35. The number of carbonyl (C=O) groups excluding carboxylic acids is 1. The molecule has 0 fully saturated rings. The van der Waals surface area contributed by atoms with Gasteiger partial charge >= 0.3 is 0 Å². The molecule has 0 unspecified atom stereocenters. The van der Waals surface area contributed by atoms with Crippen LogP contribution in [-0.4, -0.2) is 65.4 Å². The van der Waals surface area contributed by atoms with Crippen molar-refractivity contribution in [3.63, 3.8) is 0 Å². The van der Waals surface area contributed by atoms with E-state index in [9.17, 15) is 13.9 Å². The number of ether oxygens (including phenoxy) is 3. The molecule has 29 heavy (non-hydrogen) atoms. The average Bonchev–Trinajstić information content (AvgIpc) is 2.85. The smallest absolute Gasteiger partial charge is 0.259 e. The maximum absolute atomic E-state index is 12.8. The predicted octanol–water partition coefficient (Wildman–Crippen LogP) is 2.68. The van der Waals surface area contributed by atoms with E-state index in [1.165, 1.54) is 37.6 Å². The Bertz CT molecular complexity index is 896. The number of hydrogen-bond donors (Lipinski definition) is 1. The zero-order chi connectivity index (χ0) is 21.0. The van der Waals surface area contributed by atoms with Gasteiger partial charge in [0.05, 0.1) is 37.0 Å². The molecule has 0 saturated heterocycles. The van der Waals surface area contributed by atoms with Crippen LogP contribution in [0.3, 0.4) is 0 Å². The number of amides is 1. The van der Waals surface area contributed by atoms with Gasteiger partial charge in [0.2, 0.25) is 5.88 Å². The van der Waals surface area contributed by atoms with Crippen LogP contribution in [0.1, 0.15) is 10.4 Å². The average molecular weight is 442 g/mol. The van der Waals surface area contributed by atoms with Gasteiger partial charge < -0.3 is 43.7 Å². The number of aromatic nitrogens is 1. The summed E-state index contributed by atoms with van der Waals surface area (Å²) in [5.74, 6) is -0.0311. The van der Waals surface area contributed by atoms with Crippen LogP contribution in [-0.2, 0) is 4.74 Å². The number of hydrogen-bond acceptors (Lipinski definition) is 8. The lowest BCUT2D eigenvalue weighted by Gasteiger charge is -2.60. The zero-order valence-electron chi connectivity index (χ0n) is 15.8. The van der Waals surface area contributed by atoms with Gasteiger partial charge in [-0.15, -0.1) is 0 Å². The minimum atomic E-state index is -4.04. The molecule has 3 rings (SSSR count). The first-order valence-electron chi connectivity index (χ1n) is 8.63. The first kappa shape index (κ1) is 21.5. The number of pyridine rings is 1. The maximum Gasteiger partial charge on any atom is 0.259 e. The molecule has 11 heteroatoms. The topological polar surface area (TPSA) is 119 Å². The number of rotatable bonds is 7. The van der Waals surface area contributed by atoms with Crippen molar-refractivity contribution in [1.29, 1.82) is 0 Å². The Morgan fingerprint density at radius 2 is 2.14 bits per heavy atom. The van der Waals surface area contributed by atoms with E-state index in [-0.39, 0.29) is 45.3 Å². The summed E-state index contributed by atoms with van der Waals surface area (Å²) in [4.78, 5) is 18.3. The highest BCUT2D eigenvalue weighted by Crippen LogP contribution is 2.52. The number of carbonyl (C=O) groups is 1. The minimum Gasteiger partial charge on any atom is -0.779 e. The van der Waals surface area contributed by atoms with E-state index in [0.29, 0.717) is 19.7 Å². The summed E-state index contributed by atoms with van der Waals surface area (Å²) in [6.07, 6.45) is 1.28. The van der Waals surface area contributed by atoms with Gasteiger partial charge in [0, 0.05) is 18.7 Å². The summed E-state index contributed by atoms with van der Waals surface area (Å²) in [6.45, 7) is 1.41. The number of nitrogens with zero attached hydrogens (tertiary/aromatic N) is 2. The number of nitrogens with one attached hydrogen (secondary N) is 1. The fourth-order valence-electron chi connectivity index (χ4n) is 2.79. The predicted molar refractivity (Wildman–Crippen MR) is 107 cm³/mol. The zero-order valence-corrected chi connectivity index (χ0v) is 17.4. The van der Waals surface area contributed by atoms with Crippen LogP contribution in [0.2, 0.25) is 5.02 Å². The summed E-state index contributed by atoms with van der Waals surface area (Å²) in [5, 5.41) is 0.239. The second-order valence-corrected chi connectivity index (χ2v) is 8.20. The van der Waals surface area contributed by atoms with E-state index in [2.05, 4.69) is 9.71 Å². The molecular formula is C18H20ClN3O6S-2. The molecule has 0 atom stereocenters. The maximum atomic E-state index is 12.8. The van der Waals surface area contributed by atoms with E-state index >= 15 is 0 Å². The van der Waals surface area contributed by atoms with Gasteiger partial charge in [0.25, 0.3) is 5.91 Å². The normalized spacial score (nSPS) is 14.7. The Morgan fingerprint density at radius 1 is 1.34 bits per heavy atom. The molecule has 1 aliphatic rings. The monoisotopic (exact) mass is 441 g/mol. The number of benzene rings is 1. The third-order valence-corrected chi connectivity index (χ3v) is 5.84. The Kier molecular flexibility index (Phi) is 6.70. The second-order valence-electron chi connectivity index (χ2n) is 6.11. The Hall–Kier alpha value is -2.24. The van der Waals surface area contributed by atoms with E-state index in [4.69, 9.17) is 25.8 Å². The van der Waals surface area contributed by atoms with Gasteiger partial charge in [0.1, 0.15) is 17.9 Å². The molecule has 2 heterocycles. The minimum absolute atomic E-state index is 0.108. The largest absolute Gasteiger partial charge is 0.779 e. The third kappa shape index (κ3) is 4.85. The Labute approximate surface area is 175 Å². The van der Waals surface area contributed by atoms with Gasteiger partial charge in [-0.3, -0.25) is 4.79 Å². The van der Waals surface area contributed by atoms with Crippen LogP contribution in [0.4, 0.5) is 5.69 Å². The summed E-state index contributed by atoms with van der Waals surface area (Å²) >= 11 is 5.94. The summed E-state index contributed by atoms with van der Waals surface area (Å²) in [5.41, 5.74) is 0.271. The fourth-order valence-corrected chi connectivity index (χ4v) is 4.25. The quantitative estimate of drug-likeness (QED) is 0.696. The second kappa shape index (κ2) is 9.06. The molecule has 0 spiro atoms. The molecule has 0 saturated carbocycles. The SMILES string of the molecule is COCCN1CCOc2ncc(NS([O-])([O-])c3cc(Cl)ccc3OC)cc2C1=O. The highest BCUT2D eigenvalue weighted by molar-refractivity contribution is 8.25. The number of anilines is 1. The van der Waals surface area contributed by atoms with Crippen molar-refractivity contribution in [2.45, 2.75) is 4.90 Å². The Morgan fingerprint density at radius 3 is 2.86 bits per heavy atom. The molecular weight excluding hydrogens is 422 g/mol. The van der Waals surface area contributed by atoms with Crippen molar-refractivity contribution >= 4 is 34.0 Å². The lowest BCUT2D eigenvalue weighted by atomic mass is 10.2. The van der Waals surface area contributed by atoms with Gasteiger partial charge in [-0.1, -0.05) is 11.6 Å². The van der Waals surface area contributed by atoms with Crippen molar-refractivity contribution in [3.8, 4) is 11.6 Å². The van der Waals surface area contributed by atoms with E-state index in [0.717, 1.165) is 0 Å². The molecule has 0 aliphatic carbocycles. The number of fused-ring (bicyclic) bond motifs is 1. The number of sulfonamides is 1. The van der Waals surface area contributed by atoms with E-state index in [1.807, 2.05) is 0 Å². The number of halogens is 1. The van der Waals surface area contributed by atoms with Crippen molar-refractivity contribution in [2.75, 3.05) is 45.2 Å². The van der Waals surface area contributed by atoms with Gasteiger partial charge in [-0.25, -0.2) is 4.98 Å². The van der Waals surface area contributed by atoms with Crippen molar-refractivity contribution in [2.24, 2.45) is 0 Å². The Balaban J connectivity index is 1.90. The molecule has 0 bridgehead atoms. The van der Waals surface area contributed by atoms with Crippen LogP contribution in [0, 0.1) is 0 Å². The first-order valence-corrected chi connectivity index (χ1v) is 10.5. The van der Waals surface area contributed by atoms with Crippen LogP contribution < -0.4 is 14.2 Å². The van der Waals surface area contributed by atoms with Gasteiger partial charge in [-0.05, 0) is 24.3 Å². The third-order valence-electron chi connectivity index (χ3n) is 4.20. The molecule has 1 aromatic heterocycles. The lowest BCUT2D eigenvalue weighted by molar-refractivity contribution is 0.0693. The molecule has 158 valence electrons. The van der Waals surface area contributed by atoms with E-state index in [1.54, 1.807) is 12.0 Å². The molecule has 0 radical (unpaired) electrons. The van der Waals surface area contributed by atoms with Gasteiger partial charge in [0.15, 0.2) is 0 Å². The van der Waals surface area contributed by atoms with Crippen molar-refractivity contribution in [1.82, 2.24) is 9.88 Å². The first-order chi connectivity index (χ1) is 13.9. The van der Waals surface area contributed by atoms with E-state index < -0.39 is 10.8 Å². The van der Waals surface area contributed by atoms with Crippen LogP contribution in [0.5, 0.6) is 11.6 Å². The summed E-state index contributed by atoms with van der Waals surface area (Å²) in [7, 11) is -1.14. The highest BCUT2D eigenvalue weighted by atomic mass is 35.5. The highest BCUT2D eigenvalue weighted by Gasteiger charge is 2.25. The number of methoxy groups -OCH3 is 2. The molecule has 1 amide bonds. The molecule has 2 aromatic rings. The standard InChI is InChI=1S/C18H22ClN3O6S/c1-26-7-5-22-6-8-28-17-14(18(22)23)10-13(11-20-17)21-29(24,25)16-9-12(19)3-4-15(16)27-2/h3-4,9-11,21,24-25H,5-8H2,1-2H3/p-2. The summed E-state index contributed by atoms with van der Waals surface area (Å²) in [6, 6.07) is 5.65. The van der Waals surface area contributed by atoms with Crippen LogP contribution in [0.15, 0.2) is 35.4 Å². The van der Waals surface area contributed by atoms with Crippen molar-refractivity contribution < 1.29 is 28.1 Å². The molecule has 1 aromatic carbocycles. The fraction of sp³-hybridized carbons (Fsp3) is 0.333. The molecule has 1 N–H and O–H groups in total. The van der Waals surface area contributed by atoms with Crippen LogP contribution >= 0.6 is 22.4 Å². The van der Waals surface area contributed by atoms with Gasteiger partial charge in [-0.2, -0.15) is 0 Å². The molecule has 1 aliphatic heterocycles.